The zero-order valence-corrected chi connectivity index (χ0v) is 15.2. The van der Waals surface area contributed by atoms with Crippen molar-refractivity contribution in [3.63, 3.8) is 0 Å². The molecule has 3 rings (SSSR count). The number of aldehydes is 1. The summed E-state index contributed by atoms with van der Waals surface area (Å²) in [6, 6.07) is 13.9. The van der Waals surface area contributed by atoms with Crippen LogP contribution >= 0.6 is 11.8 Å². The van der Waals surface area contributed by atoms with Crippen molar-refractivity contribution >= 4 is 35.6 Å². The zero-order valence-electron chi connectivity index (χ0n) is 14.4. The van der Waals surface area contributed by atoms with Crippen LogP contribution in [0.2, 0.25) is 0 Å². The molecule has 0 N–H and O–H groups in total. The van der Waals surface area contributed by atoms with Gasteiger partial charge >= 0.3 is 5.97 Å². The van der Waals surface area contributed by atoms with Gasteiger partial charge in [-0.3, -0.25) is 9.59 Å². The molecule has 0 radical (unpaired) electrons. The molecule has 0 spiro atoms. The summed E-state index contributed by atoms with van der Waals surface area (Å²) in [5.74, 6) is -0.827. The fourth-order valence-corrected chi connectivity index (χ4v) is 3.85. The number of esters is 1. The number of carbonyl (C=O) groups is 3. The predicted octanol–water partition coefficient (Wildman–Crippen LogP) is 3.57. The summed E-state index contributed by atoms with van der Waals surface area (Å²) in [5, 5.41) is 0.410. The van der Waals surface area contributed by atoms with Crippen LogP contribution in [0.25, 0.3) is 0 Å². The third-order valence-electron chi connectivity index (χ3n) is 4.15. The first-order valence-corrected chi connectivity index (χ1v) is 9.25. The van der Waals surface area contributed by atoms with E-state index in [1.54, 1.807) is 16.7 Å². The quantitative estimate of drug-likeness (QED) is 0.609. The van der Waals surface area contributed by atoms with Crippen LogP contribution in [0.15, 0.2) is 53.4 Å². The molecule has 0 saturated heterocycles. The third-order valence-corrected chi connectivity index (χ3v) is 5.39. The van der Waals surface area contributed by atoms with Gasteiger partial charge in [0.05, 0.1) is 11.3 Å². The fourth-order valence-electron chi connectivity index (χ4n) is 2.73. The van der Waals surface area contributed by atoms with Crippen molar-refractivity contribution in [2.24, 2.45) is 0 Å². The molecule has 26 heavy (non-hydrogen) atoms. The van der Waals surface area contributed by atoms with Crippen molar-refractivity contribution in [3.8, 4) is 0 Å². The van der Waals surface area contributed by atoms with Gasteiger partial charge in [-0.1, -0.05) is 31.2 Å². The van der Waals surface area contributed by atoms with E-state index < -0.39 is 5.97 Å². The molecule has 1 aliphatic heterocycles. The molecule has 0 unspecified atom stereocenters. The largest absolute Gasteiger partial charge is 0.452 e. The van der Waals surface area contributed by atoms with E-state index in [1.807, 2.05) is 24.3 Å². The second kappa shape index (κ2) is 8.19. The second-order valence-electron chi connectivity index (χ2n) is 6.05. The summed E-state index contributed by atoms with van der Waals surface area (Å²) in [7, 11) is 0. The van der Waals surface area contributed by atoms with Gasteiger partial charge in [0.25, 0.3) is 5.91 Å². The Morgan fingerprint density at radius 1 is 1.19 bits per heavy atom. The number of para-hydroxylation sites is 1. The summed E-state index contributed by atoms with van der Waals surface area (Å²) in [5.41, 5.74) is 1.65. The van der Waals surface area contributed by atoms with E-state index in [0.29, 0.717) is 29.2 Å². The van der Waals surface area contributed by atoms with Crippen LogP contribution in [0.3, 0.4) is 0 Å². The first-order valence-electron chi connectivity index (χ1n) is 8.37. The summed E-state index contributed by atoms with van der Waals surface area (Å²) in [6.45, 7) is 2.41. The highest BCUT2D eigenvalue weighted by Crippen LogP contribution is 2.37. The molecule has 2 aromatic carbocycles. The average molecular weight is 369 g/mol. The van der Waals surface area contributed by atoms with Gasteiger partial charge in [-0.05, 0) is 30.7 Å². The van der Waals surface area contributed by atoms with E-state index in [1.165, 1.54) is 24.3 Å². The number of benzene rings is 2. The highest BCUT2D eigenvalue weighted by molar-refractivity contribution is 8.00. The van der Waals surface area contributed by atoms with Gasteiger partial charge in [-0.2, -0.15) is 0 Å². The fraction of sp³-hybridized carbons (Fsp3) is 0.250. The van der Waals surface area contributed by atoms with Gasteiger partial charge in [-0.15, -0.1) is 11.8 Å². The minimum absolute atomic E-state index is 0.245. The minimum atomic E-state index is -0.582. The number of ether oxygens (including phenoxy) is 1. The molecule has 134 valence electrons. The lowest BCUT2D eigenvalue weighted by Gasteiger charge is -2.22. The maximum absolute atomic E-state index is 12.6. The molecule has 0 aliphatic carbocycles. The summed E-state index contributed by atoms with van der Waals surface area (Å²) in [6.07, 6.45) is 1.57. The number of thioether (sulfide) groups is 1. The monoisotopic (exact) mass is 369 g/mol. The smallest absolute Gasteiger partial charge is 0.338 e. The van der Waals surface area contributed by atoms with E-state index in [2.05, 4.69) is 6.92 Å². The number of amides is 1. The van der Waals surface area contributed by atoms with Crippen LogP contribution in [0.1, 0.15) is 34.1 Å². The molecule has 1 heterocycles. The molecule has 2 aromatic rings. The number of rotatable bonds is 4. The highest BCUT2D eigenvalue weighted by Gasteiger charge is 2.24. The van der Waals surface area contributed by atoms with Crippen molar-refractivity contribution in [3.05, 3.63) is 59.7 Å². The molecular weight excluding hydrogens is 350 g/mol. The van der Waals surface area contributed by atoms with Crippen LogP contribution < -0.4 is 4.90 Å². The number of hydrogen-bond donors (Lipinski definition) is 0. The Balaban J connectivity index is 1.67. The Labute approximate surface area is 156 Å². The lowest BCUT2D eigenvalue weighted by molar-refractivity contribution is -0.121. The lowest BCUT2D eigenvalue weighted by Crippen LogP contribution is -2.35. The normalized spacial score (nSPS) is 16.3. The topological polar surface area (TPSA) is 63.7 Å². The number of anilines is 1. The maximum atomic E-state index is 12.6. The molecule has 1 atom stereocenters. The van der Waals surface area contributed by atoms with Crippen molar-refractivity contribution in [1.29, 1.82) is 0 Å². The number of hydrogen-bond acceptors (Lipinski definition) is 5. The molecule has 0 aromatic heterocycles. The Morgan fingerprint density at radius 2 is 1.92 bits per heavy atom. The van der Waals surface area contributed by atoms with Crippen molar-refractivity contribution in [2.75, 3.05) is 18.1 Å². The minimum Gasteiger partial charge on any atom is -0.452 e. The van der Waals surface area contributed by atoms with Crippen LogP contribution in [0.5, 0.6) is 0 Å². The van der Waals surface area contributed by atoms with E-state index in [4.69, 9.17) is 4.74 Å². The van der Waals surface area contributed by atoms with Crippen molar-refractivity contribution in [1.82, 2.24) is 0 Å². The van der Waals surface area contributed by atoms with E-state index >= 15 is 0 Å². The molecule has 1 amide bonds. The molecule has 0 bridgehead atoms. The molecule has 1 aliphatic rings. The molecule has 0 fully saturated rings. The number of fused-ring (bicyclic) bond motifs is 1. The Kier molecular flexibility index (Phi) is 5.73. The van der Waals surface area contributed by atoms with Gasteiger partial charge in [0.2, 0.25) is 0 Å². The van der Waals surface area contributed by atoms with Gasteiger partial charge in [0, 0.05) is 22.3 Å². The summed E-state index contributed by atoms with van der Waals surface area (Å²) < 4.78 is 5.17. The Bertz CT molecular complexity index is 819. The first-order chi connectivity index (χ1) is 12.6. The summed E-state index contributed by atoms with van der Waals surface area (Å²) >= 11 is 1.75. The van der Waals surface area contributed by atoms with Crippen LogP contribution in [-0.4, -0.2) is 36.6 Å². The van der Waals surface area contributed by atoms with Crippen molar-refractivity contribution < 1.29 is 19.1 Å². The van der Waals surface area contributed by atoms with Crippen LogP contribution in [0, 0.1) is 0 Å². The molecule has 0 saturated carbocycles. The third kappa shape index (κ3) is 4.14. The Hall–Kier alpha value is -2.60. The molecule has 5 nitrogen and oxygen atoms in total. The predicted molar refractivity (Wildman–Crippen MR) is 101 cm³/mol. The van der Waals surface area contributed by atoms with Crippen LogP contribution in [-0.2, 0) is 9.53 Å². The number of nitrogens with zero attached hydrogens (tertiary/aromatic N) is 1. The van der Waals surface area contributed by atoms with Gasteiger partial charge in [0.1, 0.15) is 6.29 Å². The van der Waals surface area contributed by atoms with Gasteiger partial charge < -0.3 is 9.64 Å². The maximum Gasteiger partial charge on any atom is 0.338 e. The Morgan fingerprint density at radius 3 is 2.65 bits per heavy atom. The van der Waals surface area contributed by atoms with E-state index in [0.717, 1.165) is 17.0 Å². The standard InChI is InChI=1S/C20H19NO4S/c1-14-10-11-21(17-4-2-3-5-18(17)26-14)19(23)13-25-20(24)16-8-6-15(12-22)7-9-16/h2-9,12,14H,10-11,13H2,1H3/t14-/m1/s1. The average Bonchev–Trinajstić information content (AvgIpc) is 2.84. The molecule has 6 heteroatoms. The summed E-state index contributed by atoms with van der Waals surface area (Å²) in [4.78, 5) is 38.2. The zero-order chi connectivity index (χ0) is 18.5. The lowest BCUT2D eigenvalue weighted by atomic mass is 10.1. The first kappa shape index (κ1) is 18.2. The van der Waals surface area contributed by atoms with Gasteiger partial charge in [0.15, 0.2) is 6.61 Å². The van der Waals surface area contributed by atoms with E-state index in [-0.39, 0.29) is 12.5 Å². The highest BCUT2D eigenvalue weighted by atomic mass is 32.2. The van der Waals surface area contributed by atoms with Crippen LogP contribution in [0.4, 0.5) is 5.69 Å². The number of carbonyl (C=O) groups excluding carboxylic acids is 3. The van der Waals surface area contributed by atoms with Gasteiger partial charge in [-0.25, -0.2) is 4.79 Å². The van der Waals surface area contributed by atoms with Crippen molar-refractivity contribution in [2.45, 2.75) is 23.5 Å². The van der Waals surface area contributed by atoms with E-state index in [9.17, 15) is 14.4 Å². The SMILES string of the molecule is C[C@@H]1CCN(C(=O)COC(=O)c2ccc(C=O)cc2)c2ccccc2S1. The second-order valence-corrected chi connectivity index (χ2v) is 7.53. The molecular formula is C20H19NO4S.